The summed E-state index contributed by atoms with van der Waals surface area (Å²) in [7, 11) is 0. The van der Waals surface area contributed by atoms with Crippen molar-refractivity contribution in [3.8, 4) is 45.3 Å². The minimum Gasteiger partial charge on any atom is -0.456 e. The summed E-state index contributed by atoms with van der Waals surface area (Å²) >= 11 is 0. The fraction of sp³-hybridized carbons (Fsp3) is 0. The van der Waals surface area contributed by atoms with E-state index >= 15 is 0 Å². The molecule has 10 rings (SSSR count). The Labute approximate surface area is 274 Å². The predicted molar refractivity (Wildman–Crippen MR) is 194 cm³/mol. The highest BCUT2D eigenvalue weighted by Crippen LogP contribution is 2.40. The number of fused-ring (bicyclic) bond motifs is 7. The number of rotatable bonds is 4. The molecule has 7 aromatic carbocycles. The molecule has 0 amide bonds. The average Bonchev–Trinajstić information content (AvgIpc) is 3.73. The molecule has 0 saturated heterocycles. The normalized spacial score (nSPS) is 11.8. The van der Waals surface area contributed by atoms with Crippen LogP contribution in [-0.4, -0.2) is 15.0 Å². The molecule has 0 aliphatic heterocycles. The highest BCUT2D eigenvalue weighted by atomic mass is 16.3. The van der Waals surface area contributed by atoms with E-state index in [1.165, 1.54) is 10.8 Å². The lowest BCUT2D eigenvalue weighted by Gasteiger charge is -2.10. The lowest BCUT2D eigenvalue weighted by atomic mass is 9.98. The van der Waals surface area contributed by atoms with E-state index in [0.29, 0.717) is 17.5 Å². The minimum absolute atomic E-state index is 0.546. The lowest BCUT2D eigenvalue weighted by Crippen LogP contribution is -2.00. The number of aromatic nitrogens is 3. The average molecular weight is 616 g/mol. The van der Waals surface area contributed by atoms with E-state index in [9.17, 15) is 0 Å². The van der Waals surface area contributed by atoms with E-state index in [1.807, 2.05) is 72.8 Å². The molecule has 0 fully saturated rings. The van der Waals surface area contributed by atoms with Crippen molar-refractivity contribution in [3.05, 3.63) is 152 Å². The molecule has 3 heterocycles. The second kappa shape index (κ2) is 10.5. The van der Waals surface area contributed by atoms with Crippen LogP contribution < -0.4 is 0 Å². The molecule has 0 unspecified atom stereocenters. The van der Waals surface area contributed by atoms with Crippen LogP contribution in [0.2, 0.25) is 0 Å². The van der Waals surface area contributed by atoms with Gasteiger partial charge in [0.1, 0.15) is 22.3 Å². The maximum atomic E-state index is 6.41. The van der Waals surface area contributed by atoms with Gasteiger partial charge in [0.05, 0.1) is 5.56 Å². The van der Waals surface area contributed by atoms with Crippen molar-refractivity contribution in [2.75, 3.05) is 0 Å². The Kier molecular flexibility index (Phi) is 5.81. The van der Waals surface area contributed by atoms with Gasteiger partial charge in [-0.1, -0.05) is 115 Å². The van der Waals surface area contributed by atoms with Crippen molar-refractivity contribution in [1.82, 2.24) is 15.0 Å². The summed E-state index contributed by atoms with van der Waals surface area (Å²) in [6.07, 6.45) is 0. The first-order chi connectivity index (χ1) is 23.8. The molecule has 0 saturated carbocycles. The van der Waals surface area contributed by atoms with Crippen LogP contribution in [0.4, 0.5) is 0 Å². The SMILES string of the molecule is c1ccc(-c2nc(-c3cccc4c3oc3ccccc34)nc(-c3cccc4oc5ccc(-c6ccc7ccccc7c6)cc5c34)n2)cc1. The topological polar surface area (TPSA) is 65.0 Å². The van der Waals surface area contributed by atoms with Crippen molar-refractivity contribution in [2.24, 2.45) is 0 Å². The van der Waals surface area contributed by atoms with Crippen molar-refractivity contribution >= 4 is 54.6 Å². The van der Waals surface area contributed by atoms with Gasteiger partial charge in [-0.25, -0.2) is 15.0 Å². The summed E-state index contributed by atoms with van der Waals surface area (Å²) in [6, 6.07) is 51.7. The highest BCUT2D eigenvalue weighted by molar-refractivity contribution is 6.13. The molecule has 0 bridgehead atoms. The van der Waals surface area contributed by atoms with E-state index in [4.69, 9.17) is 23.8 Å². The third kappa shape index (κ3) is 4.22. The lowest BCUT2D eigenvalue weighted by molar-refractivity contribution is 0.668. The fourth-order valence-corrected chi connectivity index (χ4v) is 6.82. The summed E-state index contributed by atoms with van der Waals surface area (Å²) < 4.78 is 12.8. The molecule has 10 aromatic rings. The second-order valence-electron chi connectivity index (χ2n) is 12.0. The van der Waals surface area contributed by atoms with Gasteiger partial charge in [0.25, 0.3) is 0 Å². The Hall–Kier alpha value is -6.59. The van der Waals surface area contributed by atoms with Gasteiger partial charge in [0.15, 0.2) is 17.5 Å². The molecule has 224 valence electrons. The first-order valence-corrected chi connectivity index (χ1v) is 15.9. The van der Waals surface area contributed by atoms with E-state index in [1.54, 1.807) is 0 Å². The molecule has 0 N–H and O–H groups in total. The van der Waals surface area contributed by atoms with Crippen molar-refractivity contribution in [2.45, 2.75) is 0 Å². The summed E-state index contributed by atoms with van der Waals surface area (Å²) in [5, 5.41) is 6.48. The van der Waals surface area contributed by atoms with Gasteiger partial charge in [0.2, 0.25) is 0 Å². The van der Waals surface area contributed by atoms with E-state index in [-0.39, 0.29) is 0 Å². The van der Waals surface area contributed by atoms with Gasteiger partial charge < -0.3 is 8.83 Å². The maximum Gasteiger partial charge on any atom is 0.167 e. The van der Waals surface area contributed by atoms with Gasteiger partial charge in [0, 0.05) is 32.7 Å². The van der Waals surface area contributed by atoms with Gasteiger partial charge in [-0.05, 0) is 58.3 Å². The second-order valence-corrected chi connectivity index (χ2v) is 12.0. The molecule has 48 heavy (non-hydrogen) atoms. The summed E-state index contributed by atoms with van der Waals surface area (Å²) in [6.45, 7) is 0. The number of furan rings is 2. The molecule has 0 spiro atoms. The number of benzene rings is 7. The van der Waals surface area contributed by atoms with Crippen molar-refractivity contribution in [1.29, 1.82) is 0 Å². The van der Waals surface area contributed by atoms with Crippen LogP contribution in [0.5, 0.6) is 0 Å². The van der Waals surface area contributed by atoms with Crippen LogP contribution in [0.25, 0.3) is 99.9 Å². The molecule has 5 heteroatoms. The molecule has 0 aliphatic carbocycles. The highest BCUT2D eigenvalue weighted by Gasteiger charge is 2.20. The molecule has 0 radical (unpaired) electrons. The summed E-state index contributed by atoms with van der Waals surface area (Å²) in [4.78, 5) is 15.2. The van der Waals surface area contributed by atoms with Crippen LogP contribution in [-0.2, 0) is 0 Å². The summed E-state index contributed by atoms with van der Waals surface area (Å²) in [5.41, 5.74) is 8.02. The quantitative estimate of drug-likeness (QED) is 0.197. The fourth-order valence-electron chi connectivity index (χ4n) is 6.82. The van der Waals surface area contributed by atoms with Gasteiger partial charge in [-0.3, -0.25) is 0 Å². The summed E-state index contributed by atoms with van der Waals surface area (Å²) in [5.74, 6) is 1.70. The predicted octanol–water partition coefficient (Wildman–Crippen LogP) is 11.5. The Morgan fingerprint density at radius 3 is 1.92 bits per heavy atom. The Balaban J connectivity index is 1.21. The number of para-hydroxylation sites is 2. The Morgan fingerprint density at radius 1 is 0.354 bits per heavy atom. The van der Waals surface area contributed by atoms with Gasteiger partial charge in [-0.15, -0.1) is 0 Å². The third-order valence-corrected chi connectivity index (χ3v) is 9.13. The van der Waals surface area contributed by atoms with Crippen LogP contribution in [0.3, 0.4) is 0 Å². The maximum absolute atomic E-state index is 6.41. The smallest absolute Gasteiger partial charge is 0.167 e. The van der Waals surface area contributed by atoms with E-state index < -0.39 is 0 Å². The first-order valence-electron chi connectivity index (χ1n) is 15.9. The van der Waals surface area contributed by atoms with Crippen LogP contribution in [0.15, 0.2) is 160 Å². The monoisotopic (exact) mass is 615 g/mol. The van der Waals surface area contributed by atoms with E-state index in [0.717, 1.165) is 71.7 Å². The first kappa shape index (κ1) is 26.6. The van der Waals surface area contributed by atoms with E-state index in [2.05, 4.69) is 78.9 Å². The zero-order valence-electron chi connectivity index (χ0n) is 25.6. The number of hydrogen-bond donors (Lipinski definition) is 0. The Morgan fingerprint density at radius 2 is 1.00 bits per heavy atom. The number of nitrogens with zero attached hydrogens (tertiary/aromatic N) is 3. The zero-order chi connectivity index (χ0) is 31.6. The largest absolute Gasteiger partial charge is 0.456 e. The molecular weight excluding hydrogens is 590 g/mol. The zero-order valence-corrected chi connectivity index (χ0v) is 25.6. The standard InChI is InChI=1S/C43H25N3O2/c1-2-11-27(12-3-1)41-44-42(46-43(45-41)34-17-8-15-32-31-14-6-7-18-36(31)48-40(32)34)33-16-9-19-38-39(33)35-25-30(22-23-37(35)47-38)29-21-20-26-10-4-5-13-28(26)24-29/h1-25H. The van der Waals surface area contributed by atoms with Crippen molar-refractivity contribution in [3.63, 3.8) is 0 Å². The number of hydrogen-bond acceptors (Lipinski definition) is 5. The Bertz CT molecular complexity index is 2850. The molecule has 3 aromatic heterocycles. The van der Waals surface area contributed by atoms with Crippen LogP contribution in [0, 0.1) is 0 Å². The molecule has 0 atom stereocenters. The molecule has 0 aliphatic rings. The van der Waals surface area contributed by atoms with Crippen LogP contribution in [0.1, 0.15) is 0 Å². The minimum atomic E-state index is 0.546. The van der Waals surface area contributed by atoms with Crippen molar-refractivity contribution < 1.29 is 8.83 Å². The molecular formula is C43H25N3O2. The van der Waals surface area contributed by atoms with Gasteiger partial charge >= 0.3 is 0 Å². The van der Waals surface area contributed by atoms with Gasteiger partial charge in [-0.2, -0.15) is 0 Å². The third-order valence-electron chi connectivity index (χ3n) is 9.13. The van der Waals surface area contributed by atoms with Crippen LogP contribution >= 0.6 is 0 Å². The molecule has 5 nitrogen and oxygen atoms in total.